The molecule has 0 spiro atoms. The maximum atomic E-state index is 12.4. The van der Waals surface area contributed by atoms with E-state index in [4.69, 9.17) is 4.74 Å². The molecule has 0 saturated heterocycles. The number of phenols is 1. The maximum absolute atomic E-state index is 12.4. The highest BCUT2D eigenvalue weighted by Gasteiger charge is 2.17. The second-order valence-electron chi connectivity index (χ2n) is 4.58. The van der Waals surface area contributed by atoms with Crippen molar-refractivity contribution in [1.82, 2.24) is 0 Å². The molecule has 0 radical (unpaired) electrons. The zero-order valence-electron chi connectivity index (χ0n) is 11.8. The molecule has 2 aromatic rings. The summed E-state index contributed by atoms with van der Waals surface area (Å²) in [5.41, 5.74) is 2.14. The fourth-order valence-corrected chi connectivity index (χ4v) is 1.89. The zero-order valence-corrected chi connectivity index (χ0v) is 11.8. The molecule has 0 heterocycles. The molecule has 0 aromatic heterocycles. The number of amides is 1. The van der Waals surface area contributed by atoms with E-state index in [0.29, 0.717) is 5.75 Å². The lowest BCUT2D eigenvalue weighted by atomic mass is 10.1. The van der Waals surface area contributed by atoms with Crippen LogP contribution in [0.15, 0.2) is 42.5 Å². The topological polar surface area (TPSA) is 49.8 Å². The molecule has 0 bridgehead atoms. The number of aryl methyl sites for hydroxylation is 1. The summed E-state index contributed by atoms with van der Waals surface area (Å²) < 4.78 is 5.00. The Bertz CT molecular complexity index is 620. The first-order valence-electron chi connectivity index (χ1n) is 6.24. The van der Waals surface area contributed by atoms with E-state index >= 15 is 0 Å². The van der Waals surface area contributed by atoms with Gasteiger partial charge in [-0.2, -0.15) is 0 Å². The molecule has 2 rings (SSSR count). The van der Waals surface area contributed by atoms with Crippen molar-refractivity contribution in [1.29, 1.82) is 0 Å². The lowest BCUT2D eigenvalue weighted by Gasteiger charge is -2.18. The first-order valence-corrected chi connectivity index (χ1v) is 6.24. The van der Waals surface area contributed by atoms with Crippen molar-refractivity contribution in [2.45, 2.75) is 6.92 Å². The summed E-state index contributed by atoms with van der Waals surface area (Å²) in [5, 5.41) is 9.91. The SMILES string of the molecule is COc1ccc(C(=O)N(C)c2ccc(C)cc2)c(O)c1. The van der Waals surface area contributed by atoms with Gasteiger partial charge in [-0.05, 0) is 31.2 Å². The molecule has 0 aliphatic carbocycles. The molecule has 104 valence electrons. The van der Waals surface area contributed by atoms with E-state index in [1.165, 1.54) is 18.1 Å². The second kappa shape index (κ2) is 5.65. The van der Waals surface area contributed by atoms with Crippen molar-refractivity contribution < 1.29 is 14.6 Å². The van der Waals surface area contributed by atoms with Gasteiger partial charge < -0.3 is 14.7 Å². The van der Waals surface area contributed by atoms with E-state index in [1.807, 2.05) is 31.2 Å². The average molecular weight is 271 g/mol. The molecule has 4 nitrogen and oxygen atoms in total. The first-order chi connectivity index (χ1) is 9.52. The Morgan fingerprint density at radius 3 is 2.35 bits per heavy atom. The minimum atomic E-state index is -0.269. The van der Waals surface area contributed by atoms with Gasteiger partial charge in [0.15, 0.2) is 0 Å². The van der Waals surface area contributed by atoms with Gasteiger partial charge in [0, 0.05) is 18.8 Å². The second-order valence-corrected chi connectivity index (χ2v) is 4.58. The standard InChI is InChI=1S/C16H17NO3/c1-11-4-6-12(7-5-11)17(2)16(19)14-9-8-13(20-3)10-15(14)18/h4-10,18H,1-3H3. The van der Waals surface area contributed by atoms with Crippen LogP contribution in [-0.4, -0.2) is 25.2 Å². The number of benzene rings is 2. The number of anilines is 1. The normalized spacial score (nSPS) is 10.2. The van der Waals surface area contributed by atoms with E-state index in [2.05, 4.69) is 0 Å². The third-order valence-electron chi connectivity index (χ3n) is 3.16. The van der Waals surface area contributed by atoms with Gasteiger partial charge in [-0.1, -0.05) is 17.7 Å². The zero-order chi connectivity index (χ0) is 14.7. The molecule has 2 aromatic carbocycles. The van der Waals surface area contributed by atoms with Crippen LogP contribution in [0.2, 0.25) is 0 Å². The van der Waals surface area contributed by atoms with Gasteiger partial charge in [-0.15, -0.1) is 0 Å². The summed E-state index contributed by atoms with van der Waals surface area (Å²) in [6.07, 6.45) is 0. The summed E-state index contributed by atoms with van der Waals surface area (Å²) in [6.45, 7) is 1.99. The van der Waals surface area contributed by atoms with E-state index in [-0.39, 0.29) is 17.2 Å². The molecule has 0 unspecified atom stereocenters. The van der Waals surface area contributed by atoms with Gasteiger partial charge in [0.2, 0.25) is 0 Å². The van der Waals surface area contributed by atoms with Crippen molar-refractivity contribution in [2.75, 3.05) is 19.1 Å². The highest BCUT2D eigenvalue weighted by atomic mass is 16.5. The first kappa shape index (κ1) is 13.9. The van der Waals surface area contributed by atoms with Crippen LogP contribution in [0.25, 0.3) is 0 Å². The average Bonchev–Trinajstić information content (AvgIpc) is 2.46. The lowest BCUT2D eigenvalue weighted by Crippen LogP contribution is -2.26. The summed E-state index contributed by atoms with van der Waals surface area (Å²) in [5.74, 6) is 0.152. The third kappa shape index (κ3) is 2.74. The maximum Gasteiger partial charge on any atom is 0.261 e. The Hall–Kier alpha value is -2.49. The molecule has 0 aliphatic rings. The number of methoxy groups -OCH3 is 1. The fraction of sp³-hybridized carbons (Fsp3) is 0.188. The number of carbonyl (C=O) groups excluding carboxylic acids is 1. The Balaban J connectivity index is 2.28. The molecule has 0 atom stereocenters. The van der Waals surface area contributed by atoms with Crippen LogP contribution >= 0.6 is 0 Å². The molecule has 4 heteroatoms. The summed E-state index contributed by atoms with van der Waals surface area (Å²) in [6, 6.07) is 12.2. The van der Waals surface area contributed by atoms with Crippen LogP contribution in [0.5, 0.6) is 11.5 Å². The summed E-state index contributed by atoms with van der Waals surface area (Å²) >= 11 is 0. The summed E-state index contributed by atoms with van der Waals surface area (Å²) in [7, 11) is 3.19. The van der Waals surface area contributed by atoms with Crippen molar-refractivity contribution in [3.8, 4) is 11.5 Å². The highest BCUT2D eigenvalue weighted by Crippen LogP contribution is 2.26. The van der Waals surface area contributed by atoms with E-state index in [9.17, 15) is 9.90 Å². The van der Waals surface area contributed by atoms with Crippen LogP contribution in [0.4, 0.5) is 5.69 Å². The van der Waals surface area contributed by atoms with E-state index < -0.39 is 0 Å². The fourth-order valence-electron chi connectivity index (χ4n) is 1.89. The van der Waals surface area contributed by atoms with E-state index in [1.54, 1.807) is 19.2 Å². The van der Waals surface area contributed by atoms with Gasteiger partial charge in [0.1, 0.15) is 11.5 Å². The Kier molecular flexibility index (Phi) is 3.94. The van der Waals surface area contributed by atoms with Gasteiger partial charge in [0.25, 0.3) is 5.91 Å². The number of ether oxygens (including phenoxy) is 1. The highest BCUT2D eigenvalue weighted by molar-refractivity contribution is 6.07. The minimum Gasteiger partial charge on any atom is -0.507 e. The third-order valence-corrected chi connectivity index (χ3v) is 3.16. The number of rotatable bonds is 3. The Morgan fingerprint density at radius 1 is 1.15 bits per heavy atom. The molecule has 0 saturated carbocycles. The summed E-state index contributed by atoms with van der Waals surface area (Å²) in [4.78, 5) is 13.9. The Morgan fingerprint density at radius 2 is 1.80 bits per heavy atom. The predicted molar refractivity (Wildman–Crippen MR) is 78.6 cm³/mol. The van der Waals surface area contributed by atoms with Crippen LogP contribution in [0, 0.1) is 6.92 Å². The van der Waals surface area contributed by atoms with Crippen molar-refractivity contribution >= 4 is 11.6 Å². The molecule has 1 N–H and O–H groups in total. The number of hydrogen-bond donors (Lipinski definition) is 1. The quantitative estimate of drug-likeness (QED) is 0.933. The number of carbonyl (C=O) groups is 1. The predicted octanol–water partition coefficient (Wildman–Crippen LogP) is 2.99. The number of nitrogens with zero attached hydrogens (tertiary/aromatic N) is 1. The molecular formula is C16H17NO3. The van der Waals surface area contributed by atoms with Crippen LogP contribution in [-0.2, 0) is 0 Å². The smallest absolute Gasteiger partial charge is 0.261 e. The monoisotopic (exact) mass is 271 g/mol. The van der Waals surface area contributed by atoms with Crippen LogP contribution < -0.4 is 9.64 Å². The lowest BCUT2D eigenvalue weighted by molar-refractivity contribution is 0.0990. The number of aromatic hydroxyl groups is 1. The van der Waals surface area contributed by atoms with Gasteiger partial charge >= 0.3 is 0 Å². The van der Waals surface area contributed by atoms with Crippen molar-refractivity contribution in [3.63, 3.8) is 0 Å². The molecule has 1 amide bonds. The van der Waals surface area contributed by atoms with Crippen molar-refractivity contribution in [2.24, 2.45) is 0 Å². The van der Waals surface area contributed by atoms with Crippen LogP contribution in [0.3, 0.4) is 0 Å². The molecule has 0 aliphatic heterocycles. The Labute approximate surface area is 118 Å². The molecule has 20 heavy (non-hydrogen) atoms. The van der Waals surface area contributed by atoms with E-state index in [0.717, 1.165) is 11.3 Å². The molecule has 0 fully saturated rings. The largest absolute Gasteiger partial charge is 0.507 e. The van der Waals surface area contributed by atoms with Crippen molar-refractivity contribution in [3.05, 3.63) is 53.6 Å². The van der Waals surface area contributed by atoms with Gasteiger partial charge in [-0.3, -0.25) is 4.79 Å². The number of phenolic OH excluding ortho intramolecular Hbond substituents is 1. The van der Waals surface area contributed by atoms with Crippen LogP contribution in [0.1, 0.15) is 15.9 Å². The minimum absolute atomic E-state index is 0.0895. The van der Waals surface area contributed by atoms with Gasteiger partial charge in [-0.25, -0.2) is 0 Å². The van der Waals surface area contributed by atoms with Gasteiger partial charge in [0.05, 0.1) is 12.7 Å². The molecular weight excluding hydrogens is 254 g/mol. The number of hydrogen-bond acceptors (Lipinski definition) is 3.